The lowest BCUT2D eigenvalue weighted by Gasteiger charge is -1.96. The van der Waals surface area contributed by atoms with Gasteiger partial charge in [0.2, 0.25) is 0 Å². The fourth-order valence-electron chi connectivity index (χ4n) is 1.76. The van der Waals surface area contributed by atoms with Crippen molar-refractivity contribution in [3.8, 4) is 0 Å². The number of carboxylic acid groups (broad SMARTS) is 1. The molecule has 0 fully saturated rings. The summed E-state index contributed by atoms with van der Waals surface area (Å²) in [6.45, 7) is 0. The summed E-state index contributed by atoms with van der Waals surface area (Å²) >= 11 is 1.73. The van der Waals surface area contributed by atoms with Crippen molar-refractivity contribution in [2.75, 3.05) is 0 Å². The second-order valence-electron chi connectivity index (χ2n) is 4.03. The maximum absolute atomic E-state index is 10.3. The molecule has 0 saturated heterocycles. The summed E-state index contributed by atoms with van der Waals surface area (Å²) in [5, 5.41) is 9.67. The summed E-state index contributed by atoms with van der Waals surface area (Å²) in [6, 6.07) is 8.14. The van der Waals surface area contributed by atoms with E-state index in [1.807, 2.05) is 18.2 Å². The summed E-state index contributed by atoms with van der Waals surface area (Å²) in [5.74, 6) is -0.704. The molecule has 0 aliphatic rings. The van der Waals surface area contributed by atoms with Crippen molar-refractivity contribution in [2.24, 2.45) is 0 Å². The number of fused-ring (bicyclic) bond motifs is 1. The van der Waals surface area contributed by atoms with Gasteiger partial charge in [0.25, 0.3) is 0 Å². The minimum Gasteiger partial charge on any atom is -0.481 e. The fraction of sp³-hybridized carbons (Fsp3) is 0.385. The standard InChI is InChI=1S/C13H15NO2S/c15-13(16)9-3-1-2-8-12-14-10-6-4-5-7-11(10)17-12/h4-7H,1-3,8-9H2,(H,15,16). The molecule has 1 aromatic heterocycles. The average Bonchev–Trinajstić information content (AvgIpc) is 2.70. The van der Waals surface area contributed by atoms with Crippen LogP contribution in [0.25, 0.3) is 10.2 Å². The number of hydrogen-bond donors (Lipinski definition) is 1. The second kappa shape index (κ2) is 5.77. The smallest absolute Gasteiger partial charge is 0.303 e. The zero-order valence-corrected chi connectivity index (χ0v) is 10.4. The Morgan fingerprint density at radius 1 is 1.24 bits per heavy atom. The molecule has 90 valence electrons. The third kappa shape index (κ3) is 3.53. The lowest BCUT2D eigenvalue weighted by Crippen LogP contribution is -1.94. The molecule has 1 aromatic carbocycles. The topological polar surface area (TPSA) is 50.2 Å². The second-order valence-corrected chi connectivity index (χ2v) is 5.14. The Morgan fingerprint density at radius 2 is 2.06 bits per heavy atom. The van der Waals surface area contributed by atoms with Crippen LogP contribution in [0.1, 0.15) is 30.7 Å². The quantitative estimate of drug-likeness (QED) is 0.797. The first-order valence-corrected chi connectivity index (χ1v) is 6.63. The molecule has 0 saturated carbocycles. The summed E-state index contributed by atoms with van der Waals surface area (Å²) in [6.07, 6.45) is 3.98. The van der Waals surface area contributed by atoms with Crippen molar-refractivity contribution in [2.45, 2.75) is 32.1 Å². The van der Waals surface area contributed by atoms with Crippen LogP contribution in [0.2, 0.25) is 0 Å². The number of thiazole rings is 1. The number of unbranched alkanes of at least 4 members (excludes halogenated alkanes) is 2. The van der Waals surface area contributed by atoms with Gasteiger partial charge in [-0.15, -0.1) is 11.3 Å². The first-order chi connectivity index (χ1) is 8.25. The Labute approximate surface area is 104 Å². The summed E-state index contributed by atoms with van der Waals surface area (Å²) in [5.41, 5.74) is 1.07. The van der Waals surface area contributed by atoms with Gasteiger partial charge in [0.15, 0.2) is 0 Å². The number of benzene rings is 1. The van der Waals surface area contributed by atoms with Crippen LogP contribution in [0.4, 0.5) is 0 Å². The molecule has 0 unspecified atom stereocenters. The molecule has 0 aliphatic carbocycles. The molecule has 0 radical (unpaired) electrons. The van der Waals surface area contributed by atoms with E-state index in [0.29, 0.717) is 0 Å². The van der Waals surface area contributed by atoms with Crippen LogP contribution in [0.5, 0.6) is 0 Å². The van der Waals surface area contributed by atoms with Gasteiger partial charge in [-0.25, -0.2) is 4.98 Å². The fourth-order valence-corrected chi connectivity index (χ4v) is 2.77. The van der Waals surface area contributed by atoms with E-state index in [2.05, 4.69) is 11.1 Å². The van der Waals surface area contributed by atoms with Crippen LogP contribution in [0.3, 0.4) is 0 Å². The maximum Gasteiger partial charge on any atom is 0.303 e. The highest BCUT2D eigenvalue weighted by atomic mass is 32.1. The first kappa shape index (κ1) is 12.0. The van der Waals surface area contributed by atoms with Gasteiger partial charge in [0.1, 0.15) is 0 Å². The molecule has 4 heteroatoms. The Balaban J connectivity index is 1.81. The Morgan fingerprint density at radius 3 is 2.82 bits per heavy atom. The number of aryl methyl sites for hydroxylation is 1. The largest absolute Gasteiger partial charge is 0.481 e. The lowest BCUT2D eigenvalue weighted by atomic mass is 10.1. The number of carbonyl (C=O) groups is 1. The average molecular weight is 249 g/mol. The Kier molecular flexibility index (Phi) is 4.09. The predicted octanol–water partition coefficient (Wildman–Crippen LogP) is 3.48. The number of nitrogens with zero attached hydrogens (tertiary/aromatic N) is 1. The number of rotatable bonds is 6. The van der Waals surface area contributed by atoms with Gasteiger partial charge in [0.05, 0.1) is 15.2 Å². The van der Waals surface area contributed by atoms with Crippen LogP contribution >= 0.6 is 11.3 Å². The Hall–Kier alpha value is -1.42. The van der Waals surface area contributed by atoms with Crippen molar-refractivity contribution >= 4 is 27.5 Å². The molecule has 3 nitrogen and oxygen atoms in total. The van der Waals surface area contributed by atoms with E-state index in [1.165, 1.54) is 4.70 Å². The van der Waals surface area contributed by atoms with E-state index in [1.54, 1.807) is 11.3 Å². The van der Waals surface area contributed by atoms with Crippen LogP contribution < -0.4 is 0 Å². The van der Waals surface area contributed by atoms with Crippen molar-refractivity contribution in [1.82, 2.24) is 4.98 Å². The summed E-state index contributed by atoms with van der Waals surface area (Å²) in [7, 11) is 0. The van der Waals surface area contributed by atoms with E-state index < -0.39 is 5.97 Å². The summed E-state index contributed by atoms with van der Waals surface area (Å²) in [4.78, 5) is 14.9. The van der Waals surface area contributed by atoms with E-state index in [9.17, 15) is 4.79 Å². The molecule has 2 aromatic rings. The third-order valence-electron chi connectivity index (χ3n) is 2.62. The molecule has 0 amide bonds. The van der Waals surface area contributed by atoms with Crippen molar-refractivity contribution < 1.29 is 9.90 Å². The van der Waals surface area contributed by atoms with E-state index in [0.717, 1.165) is 36.2 Å². The maximum atomic E-state index is 10.3. The highest BCUT2D eigenvalue weighted by Gasteiger charge is 2.03. The van der Waals surface area contributed by atoms with Gasteiger partial charge >= 0.3 is 5.97 Å². The van der Waals surface area contributed by atoms with Crippen molar-refractivity contribution in [3.05, 3.63) is 29.3 Å². The summed E-state index contributed by atoms with van der Waals surface area (Å²) < 4.78 is 1.23. The van der Waals surface area contributed by atoms with Gasteiger partial charge in [0, 0.05) is 6.42 Å². The van der Waals surface area contributed by atoms with Gasteiger partial charge in [-0.05, 0) is 31.4 Å². The molecule has 0 spiro atoms. The molecular formula is C13H15NO2S. The number of aliphatic carboxylic acids is 1. The van der Waals surface area contributed by atoms with Crippen LogP contribution in [-0.4, -0.2) is 16.1 Å². The molecule has 0 bridgehead atoms. The molecular weight excluding hydrogens is 234 g/mol. The molecule has 0 aliphatic heterocycles. The molecule has 0 atom stereocenters. The monoisotopic (exact) mass is 249 g/mol. The van der Waals surface area contributed by atoms with E-state index in [-0.39, 0.29) is 6.42 Å². The van der Waals surface area contributed by atoms with Crippen LogP contribution in [0.15, 0.2) is 24.3 Å². The third-order valence-corrected chi connectivity index (χ3v) is 3.72. The lowest BCUT2D eigenvalue weighted by molar-refractivity contribution is -0.137. The van der Waals surface area contributed by atoms with Gasteiger partial charge in [-0.2, -0.15) is 0 Å². The normalized spacial score (nSPS) is 10.8. The minimum atomic E-state index is -0.704. The van der Waals surface area contributed by atoms with Crippen LogP contribution in [0, 0.1) is 0 Å². The van der Waals surface area contributed by atoms with Gasteiger partial charge in [-0.3, -0.25) is 4.79 Å². The number of aromatic nitrogens is 1. The first-order valence-electron chi connectivity index (χ1n) is 5.82. The van der Waals surface area contributed by atoms with E-state index in [4.69, 9.17) is 5.11 Å². The number of para-hydroxylation sites is 1. The molecule has 17 heavy (non-hydrogen) atoms. The molecule has 2 rings (SSSR count). The zero-order valence-electron chi connectivity index (χ0n) is 9.56. The predicted molar refractivity (Wildman–Crippen MR) is 69.4 cm³/mol. The number of hydrogen-bond acceptors (Lipinski definition) is 3. The van der Waals surface area contributed by atoms with Crippen molar-refractivity contribution in [3.63, 3.8) is 0 Å². The van der Waals surface area contributed by atoms with Gasteiger partial charge < -0.3 is 5.11 Å². The van der Waals surface area contributed by atoms with Gasteiger partial charge in [-0.1, -0.05) is 18.6 Å². The van der Waals surface area contributed by atoms with Crippen molar-refractivity contribution in [1.29, 1.82) is 0 Å². The van der Waals surface area contributed by atoms with Crippen LogP contribution in [-0.2, 0) is 11.2 Å². The number of carboxylic acids is 1. The molecule has 1 heterocycles. The minimum absolute atomic E-state index is 0.278. The molecule has 1 N–H and O–H groups in total. The zero-order chi connectivity index (χ0) is 12.1. The SMILES string of the molecule is O=C(O)CCCCCc1nc2ccccc2s1. The highest BCUT2D eigenvalue weighted by molar-refractivity contribution is 7.18. The Bertz CT molecular complexity index is 474. The highest BCUT2D eigenvalue weighted by Crippen LogP contribution is 2.22. The van der Waals surface area contributed by atoms with E-state index >= 15 is 0 Å².